The number of benzene rings is 1. The fourth-order valence-electron chi connectivity index (χ4n) is 1.34. The average Bonchev–Trinajstić information content (AvgIpc) is 2.49. The van der Waals surface area contributed by atoms with Crippen LogP contribution >= 0.6 is 24.0 Å². The highest BCUT2D eigenvalue weighted by Crippen LogP contribution is 2.33. The second kappa shape index (κ2) is 3.47. The van der Waals surface area contributed by atoms with Crippen molar-refractivity contribution in [3.8, 4) is 5.75 Å². The standard InChI is InChI=1S/C8H7BO3S2/c10-5-2-1-4(9(11)12)8-7(5)6(13)3-14-8/h1-3,10-13H. The van der Waals surface area contributed by atoms with Crippen LogP contribution in [0.1, 0.15) is 0 Å². The van der Waals surface area contributed by atoms with E-state index in [1.54, 1.807) is 5.38 Å². The quantitative estimate of drug-likeness (QED) is 0.425. The molecule has 1 aromatic heterocycles. The van der Waals surface area contributed by atoms with E-state index in [4.69, 9.17) is 10.0 Å². The zero-order chi connectivity index (χ0) is 10.3. The number of hydrogen-bond acceptors (Lipinski definition) is 5. The Hall–Kier alpha value is -0.685. The van der Waals surface area contributed by atoms with Crippen molar-refractivity contribution in [1.82, 2.24) is 0 Å². The van der Waals surface area contributed by atoms with Gasteiger partial charge in [-0.15, -0.1) is 24.0 Å². The summed E-state index contributed by atoms with van der Waals surface area (Å²) in [5.74, 6) is 0.107. The molecule has 14 heavy (non-hydrogen) atoms. The van der Waals surface area contributed by atoms with Gasteiger partial charge < -0.3 is 15.2 Å². The van der Waals surface area contributed by atoms with E-state index < -0.39 is 7.12 Å². The molecular weight excluding hydrogens is 219 g/mol. The third kappa shape index (κ3) is 1.40. The first-order chi connectivity index (χ1) is 6.61. The van der Waals surface area contributed by atoms with Crippen LogP contribution < -0.4 is 5.46 Å². The lowest BCUT2D eigenvalue weighted by atomic mass is 9.80. The van der Waals surface area contributed by atoms with Crippen LogP contribution in [0.15, 0.2) is 22.4 Å². The Morgan fingerprint density at radius 1 is 1.29 bits per heavy atom. The second-order valence-electron chi connectivity index (χ2n) is 2.87. The second-order valence-corrected chi connectivity index (χ2v) is 4.23. The van der Waals surface area contributed by atoms with Crippen molar-refractivity contribution >= 4 is 46.6 Å². The van der Waals surface area contributed by atoms with Gasteiger partial charge in [0.05, 0.1) is 0 Å². The molecule has 3 N–H and O–H groups in total. The number of hydrogen-bond donors (Lipinski definition) is 4. The number of thiol groups is 1. The fourth-order valence-corrected chi connectivity index (χ4v) is 2.79. The molecule has 0 spiro atoms. The molecule has 0 saturated carbocycles. The van der Waals surface area contributed by atoms with Gasteiger partial charge in [0.25, 0.3) is 0 Å². The fraction of sp³-hybridized carbons (Fsp3) is 0. The van der Waals surface area contributed by atoms with Crippen LogP contribution in [-0.2, 0) is 0 Å². The van der Waals surface area contributed by atoms with Gasteiger partial charge >= 0.3 is 7.12 Å². The summed E-state index contributed by atoms with van der Waals surface area (Å²) in [6.07, 6.45) is 0. The molecule has 72 valence electrons. The molecule has 2 rings (SSSR count). The summed E-state index contributed by atoms with van der Waals surface area (Å²) in [6.45, 7) is 0. The van der Waals surface area contributed by atoms with Crippen LogP contribution in [0.5, 0.6) is 5.75 Å². The Morgan fingerprint density at radius 2 is 2.00 bits per heavy atom. The van der Waals surface area contributed by atoms with Crippen molar-refractivity contribution in [2.45, 2.75) is 4.90 Å². The molecule has 3 nitrogen and oxygen atoms in total. The zero-order valence-corrected chi connectivity index (χ0v) is 8.72. The van der Waals surface area contributed by atoms with E-state index in [-0.39, 0.29) is 5.75 Å². The number of phenols is 1. The van der Waals surface area contributed by atoms with Gasteiger partial charge in [0.15, 0.2) is 0 Å². The van der Waals surface area contributed by atoms with Crippen LogP contribution in [0.4, 0.5) is 0 Å². The number of phenolic OH excluding ortho intramolecular Hbond substituents is 1. The Labute approximate surface area is 90.2 Å². The van der Waals surface area contributed by atoms with Gasteiger partial charge in [0.2, 0.25) is 0 Å². The maximum absolute atomic E-state index is 9.54. The summed E-state index contributed by atoms with van der Waals surface area (Å²) in [7, 11) is -1.52. The highest BCUT2D eigenvalue weighted by molar-refractivity contribution is 7.80. The molecule has 0 aliphatic heterocycles. The molecule has 0 unspecified atom stereocenters. The molecule has 6 heteroatoms. The summed E-state index contributed by atoms with van der Waals surface area (Å²) < 4.78 is 0.657. The van der Waals surface area contributed by atoms with Crippen molar-refractivity contribution < 1.29 is 15.2 Å². The normalized spacial score (nSPS) is 10.8. The van der Waals surface area contributed by atoms with Crippen molar-refractivity contribution in [1.29, 1.82) is 0 Å². The SMILES string of the molecule is OB(O)c1ccc(O)c2c(S)csc12. The Balaban J connectivity index is 2.83. The van der Waals surface area contributed by atoms with Crippen LogP contribution in [-0.4, -0.2) is 22.3 Å². The molecule has 0 aliphatic carbocycles. The summed E-state index contributed by atoms with van der Waals surface area (Å²) in [4.78, 5) is 0.644. The van der Waals surface area contributed by atoms with Gasteiger partial charge in [-0.3, -0.25) is 0 Å². The lowest BCUT2D eigenvalue weighted by Crippen LogP contribution is -2.29. The molecular formula is C8H7BO3S2. The smallest absolute Gasteiger partial charge is 0.489 e. The van der Waals surface area contributed by atoms with E-state index in [9.17, 15) is 5.11 Å². The lowest BCUT2D eigenvalue weighted by molar-refractivity contribution is 0.426. The lowest BCUT2D eigenvalue weighted by Gasteiger charge is -2.02. The van der Waals surface area contributed by atoms with Gasteiger partial charge in [-0.05, 0) is 6.07 Å². The summed E-state index contributed by atoms with van der Waals surface area (Å²) in [5.41, 5.74) is 0.392. The Morgan fingerprint density at radius 3 is 2.64 bits per heavy atom. The molecule has 0 aliphatic rings. The molecule has 1 heterocycles. The molecule has 2 aromatic rings. The van der Waals surface area contributed by atoms with E-state index in [0.29, 0.717) is 20.4 Å². The number of aromatic hydroxyl groups is 1. The topological polar surface area (TPSA) is 60.7 Å². The molecule has 0 amide bonds. The van der Waals surface area contributed by atoms with E-state index in [0.717, 1.165) is 0 Å². The summed E-state index contributed by atoms with van der Waals surface area (Å²) in [5, 5.41) is 30.0. The van der Waals surface area contributed by atoms with Crippen LogP contribution in [0.2, 0.25) is 0 Å². The predicted octanol–water partition coefficient (Wildman–Crippen LogP) is 0.575. The first-order valence-corrected chi connectivity index (χ1v) is 5.22. The van der Waals surface area contributed by atoms with Crippen LogP contribution in [0, 0.1) is 0 Å². The van der Waals surface area contributed by atoms with Gasteiger partial charge in [-0.1, -0.05) is 6.07 Å². The van der Waals surface area contributed by atoms with Crippen molar-refractivity contribution in [2.75, 3.05) is 0 Å². The highest BCUT2D eigenvalue weighted by Gasteiger charge is 2.18. The molecule has 0 bridgehead atoms. The zero-order valence-electron chi connectivity index (χ0n) is 7.01. The summed E-state index contributed by atoms with van der Waals surface area (Å²) >= 11 is 5.50. The minimum absolute atomic E-state index is 0.107. The third-order valence-corrected chi connectivity index (χ3v) is 3.55. The van der Waals surface area contributed by atoms with E-state index in [1.807, 2.05) is 0 Å². The molecule has 0 atom stereocenters. The Kier molecular flexibility index (Phi) is 2.44. The van der Waals surface area contributed by atoms with Crippen molar-refractivity contribution in [3.05, 3.63) is 17.5 Å². The maximum atomic E-state index is 9.54. The molecule has 0 fully saturated rings. The molecule has 0 saturated heterocycles. The number of thiophene rings is 1. The first kappa shape index (κ1) is 9.85. The minimum atomic E-state index is -1.52. The van der Waals surface area contributed by atoms with Gasteiger partial charge in [-0.2, -0.15) is 0 Å². The Bertz CT molecular complexity index is 481. The largest absolute Gasteiger partial charge is 0.507 e. The number of fused-ring (bicyclic) bond motifs is 1. The van der Waals surface area contributed by atoms with E-state index in [2.05, 4.69) is 12.6 Å². The van der Waals surface area contributed by atoms with Gasteiger partial charge in [-0.25, -0.2) is 0 Å². The van der Waals surface area contributed by atoms with E-state index >= 15 is 0 Å². The molecule has 1 aromatic carbocycles. The number of rotatable bonds is 1. The van der Waals surface area contributed by atoms with Crippen LogP contribution in [0.25, 0.3) is 10.1 Å². The van der Waals surface area contributed by atoms with Crippen molar-refractivity contribution in [3.63, 3.8) is 0 Å². The minimum Gasteiger partial charge on any atom is -0.507 e. The predicted molar refractivity (Wildman–Crippen MR) is 60.6 cm³/mol. The summed E-state index contributed by atoms with van der Waals surface area (Å²) in [6, 6.07) is 2.93. The molecule has 0 radical (unpaired) electrons. The van der Waals surface area contributed by atoms with Gasteiger partial charge in [0.1, 0.15) is 5.75 Å². The monoisotopic (exact) mass is 226 g/mol. The maximum Gasteiger partial charge on any atom is 0.489 e. The highest BCUT2D eigenvalue weighted by atomic mass is 32.1. The third-order valence-electron chi connectivity index (χ3n) is 1.99. The van der Waals surface area contributed by atoms with Crippen molar-refractivity contribution in [2.24, 2.45) is 0 Å². The van der Waals surface area contributed by atoms with E-state index in [1.165, 1.54) is 23.5 Å². The first-order valence-electron chi connectivity index (χ1n) is 3.89. The van der Waals surface area contributed by atoms with Crippen LogP contribution in [0.3, 0.4) is 0 Å². The van der Waals surface area contributed by atoms with Gasteiger partial charge in [0, 0.05) is 25.8 Å². The average molecular weight is 226 g/mol.